The standard InChI is InChI=1S/C23H24N6O2/c1-16-4-6-19(7-5-16)21-12-23(31-27-21)26-22(30)13-28(3)17(2)18-8-10-20(11-9-18)29-15-24-14-25-29/h4-12,14-15,17H,13H2,1-3H3,(H,26,30)/t17-/m1/s1. The van der Waals surface area contributed by atoms with Gasteiger partial charge >= 0.3 is 0 Å². The lowest BCUT2D eigenvalue weighted by molar-refractivity contribution is -0.117. The van der Waals surface area contributed by atoms with E-state index < -0.39 is 0 Å². The highest BCUT2D eigenvalue weighted by atomic mass is 16.5. The van der Waals surface area contributed by atoms with Crippen LogP contribution in [0.25, 0.3) is 16.9 Å². The van der Waals surface area contributed by atoms with Crippen molar-refractivity contribution >= 4 is 11.8 Å². The number of aryl methyl sites for hydroxylation is 1. The van der Waals surface area contributed by atoms with Crippen LogP contribution < -0.4 is 5.32 Å². The van der Waals surface area contributed by atoms with Gasteiger partial charge in [-0.05, 0) is 38.6 Å². The number of rotatable bonds is 7. The Hall–Kier alpha value is -3.78. The van der Waals surface area contributed by atoms with Gasteiger partial charge in [0.05, 0.1) is 12.2 Å². The van der Waals surface area contributed by atoms with Crippen molar-refractivity contribution in [1.29, 1.82) is 0 Å². The molecule has 1 N–H and O–H groups in total. The molecule has 0 saturated carbocycles. The van der Waals surface area contributed by atoms with E-state index in [4.69, 9.17) is 4.52 Å². The zero-order chi connectivity index (χ0) is 21.8. The Balaban J connectivity index is 1.34. The molecule has 4 rings (SSSR count). The van der Waals surface area contributed by atoms with Crippen molar-refractivity contribution in [3.63, 3.8) is 0 Å². The van der Waals surface area contributed by atoms with Crippen molar-refractivity contribution in [2.75, 3.05) is 18.9 Å². The Labute approximate surface area is 180 Å². The lowest BCUT2D eigenvalue weighted by atomic mass is 10.1. The summed E-state index contributed by atoms with van der Waals surface area (Å²) >= 11 is 0. The number of aromatic nitrogens is 4. The second-order valence-corrected chi connectivity index (χ2v) is 7.51. The lowest BCUT2D eigenvalue weighted by Crippen LogP contribution is -2.32. The third-order valence-corrected chi connectivity index (χ3v) is 5.23. The van der Waals surface area contributed by atoms with Crippen LogP contribution in [0.5, 0.6) is 0 Å². The lowest BCUT2D eigenvalue weighted by Gasteiger charge is -2.24. The van der Waals surface area contributed by atoms with Gasteiger partial charge in [-0.2, -0.15) is 5.10 Å². The average molecular weight is 416 g/mol. The van der Waals surface area contributed by atoms with Crippen LogP contribution in [-0.2, 0) is 4.79 Å². The van der Waals surface area contributed by atoms with Crippen LogP contribution in [0, 0.1) is 6.92 Å². The van der Waals surface area contributed by atoms with Crippen LogP contribution in [0.3, 0.4) is 0 Å². The first-order valence-electron chi connectivity index (χ1n) is 9.98. The van der Waals surface area contributed by atoms with E-state index in [2.05, 4.69) is 27.5 Å². The molecule has 2 aromatic heterocycles. The number of carbonyl (C=O) groups excluding carboxylic acids is 1. The van der Waals surface area contributed by atoms with E-state index in [1.807, 2.05) is 67.4 Å². The van der Waals surface area contributed by atoms with E-state index in [-0.39, 0.29) is 18.5 Å². The van der Waals surface area contributed by atoms with Gasteiger partial charge in [-0.3, -0.25) is 15.0 Å². The van der Waals surface area contributed by atoms with E-state index in [0.717, 1.165) is 16.8 Å². The normalized spacial score (nSPS) is 12.1. The maximum atomic E-state index is 12.5. The molecule has 1 amide bonds. The van der Waals surface area contributed by atoms with Crippen LogP contribution in [0.4, 0.5) is 5.88 Å². The Kier molecular flexibility index (Phi) is 5.90. The number of likely N-dealkylation sites (N-methyl/N-ethyl adjacent to an activating group) is 1. The minimum atomic E-state index is -0.166. The Bertz CT molecular complexity index is 1130. The molecule has 0 saturated heterocycles. The highest BCUT2D eigenvalue weighted by molar-refractivity contribution is 5.91. The Morgan fingerprint density at radius 3 is 2.58 bits per heavy atom. The molecule has 4 aromatic rings. The predicted octanol–water partition coefficient (Wildman–Crippen LogP) is 3.86. The largest absolute Gasteiger partial charge is 0.338 e. The van der Waals surface area contributed by atoms with E-state index in [9.17, 15) is 4.79 Å². The van der Waals surface area contributed by atoms with Crippen molar-refractivity contribution in [3.05, 3.63) is 78.4 Å². The summed E-state index contributed by atoms with van der Waals surface area (Å²) in [5.74, 6) is 0.166. The smallest absolute Gasteiger partial charge is 0.240 e. The molecule has 2 aromatic carbocycles. The first-order chi connectivity index (χ1) is 15.0. The topological polar surface area (TPSA) is 89.1 Å². The van der Waals surface area contributed by atoms with Crippen LogP contribution in [0.15, 0.2) is 71.8 Å². The molecule has 0 unspecified atom stereocenters. The predicted molar refractivity (Wildman–Crippen MR) is 118 cm³/mol. The second-order valence-electron chi connectivity index (χ2n) is 7.51. The van der Waals surface area contributed by atoms with Crippen LogP contribution in [0.2, 0.25) is 0 Å². The summed E-state index contributed by atoms with van der Waals surface area (Å²) in [6.45, 7) is 4.30. The fourth-order valence-electron chi connectivity index (χ4n) is 3.24. The summed E-state index contributed by atoms with van der Waals surface area (Å²) in [6.07, 6.45) is 3.16. The van der Waals surface area contributed by atoms with E-state index in [1.54, 1.807) is 17.1 Å². The molecule has 8 nitrogen and oxygen atoms in total. The van der Waals surface area contributed by atoms with E-state index in [0.29, 0.717) is 11.6 Å². The highest BCUT2D eigenvalue weighted by Gasteiger charge is 2.17. The summed E-state index contributed by atoms with van der Waals surface area (Å²) in [6, 6.07) is 17.8. The maximum Gasteiger partial charge on any atom is 0.240 e. The molecular weight excluding hydrogens is 392 g/mol. The monoisotopic (exact) mass is 416 g/mol. The molecule has 0 spiro atoms. The zero-order valence-corrected chi connectivity index (χ0v) is 17.7. The van der Waals surface area contributed by atoms with Crippen LogP contribution in [-0.4, -0.2) is 44.3 Å². The second kappa shape index (κ2) is 8.93. The first kappa shape index (κ1) is 20.5. The molecule has 158 valence electrons. The zero-order valence-electron chi connectivity index (χ0n) is 17.7. The van der Waals surface area contributed by atoms with Gasteiger partial charge in [-0.15, -0.1) is 0 Å². The summed E-state index contributed by atoms with van der Waals surface area (Å²) in [4.78, 5) is 18.4. The number of hydrogen-bond acceptors (Lipinski definition) is 6. The Morgan fingerprint density at radius 2 is 1.90 bits per heavy atom. The fourth-order valence-corrected chi connectivity index (χ4v) is 3.24. The molecule has 31 heavy (non-hydrogen) atoms. The number of anilines is 1. The van der Waals surface area contributed by atoms with Crippen molar-refractivity contribution in [2.45, 2.75) is 19.9 Å². The van der Waals surface area contributed by atoms with Gasteiger partial charge in [0.15, 0.2) is 0 Å². The van der Waals surface area contributed by atoms with E-state index >= 15 is 0 Å². The molecular formula is C23H24N6O2. The molecule has 2 heterocycles. The molecule has 0 aliphatic heterocycles. The molecule has 1 atom stereocenters. The molecule has 0 bridgehead atoms. The van der Waals surface area contributed by atoms with Crippen molar-refractivity contribution in [1.82, 2.24) is 24.8 Å². The van der Waals surface area contributed by atoms with Gasteiger partial charge in [0.1, 0.15) is 18.3 Å². The third kappa shape index (κ3) is 4.87. The number of amides is 1. The van der Waals surface area contributed by atoms with Gasteiger partial charge in [0, 0.05) is 17.7 Å². The molecule has 0 aliphatic rings. The van der Waals surface area contributed by atoms with Crippen LogP contribution in [0.1, 0.15) is 24.1 Å². The SMILES string of the molecule is Cc1ccc(-c2cc(NC(=O)CN(C)[C@H](C)c3ccc(-n4cncn4)cc3)on2)cc1. The number of hydrogen-bond donors (Lipinski definition) is 1. The van der Waals surface area contributed by atoms with Crippen LogP contribution >= 0.6 is 0 Å². The summed E-state index contributed by atoms with van der Waals surface area (Å²) in [7, 11) is 1.91. The Morgan fingerprint density at radius 1 is 1.16 bits per heavy atom. The number of benzene rings is 2. The minimum absolute atomic E-state index is 0.0494. The van der Waals surface area contributed by atoms with Crippen molar-refractivity contribution in [2.24, 2.45) is 0 Å². The third-order valence-electron chi connectivity index (χ3n) is 5.23. The highest BCUT2D eigenvalue weighted by Crippen LogP contribution is 2.23. The summed E-state index contributed by atoms with van der Waals surface area (Å²) < 4.78 is 6.98. The first-order valence-corrected chi connectivity index (χ1v) is 9.98. The van der Waals surface area contributed by atoms with Gasteiger partial charge in [-0.1, -0.05) is 47.1 Å². The van der Waals surface area contributed by atoms with Gasteiger partial charge < -0.3 is 4.52 Å². The summed E-state index contributed by atoms with van der Waals surface area (Å²) in [5, 5.41) is 11.0. The van der Waals surface area contributed by atoms with Gasteiger partial charge in [-0.25, -0.2) is 9.67 Å². The van der Waals surface area contributed by atoms with Gasteiger partial charge in [0.25, 0.3) is 0 Å². The number of nitrogens with one attached hydrogen (secondary N) is 1. The van der Waals surface area contributed by atoms with Crippen molar-refractivity contribution < 1.29 is 9.32 Å². The maximum absolute atomic E-state index is 12.5. The minimum Gasteiger partial charge on any atom is -0.338 e. The molecule has 0 fully saturated rings. The molecule has 0 radical (unpaired) electrons. The fraction of sp³-hybridized carbons (Fsp3) is 0.217. The molecule has 8 heteroatoms. The number of nitrogens with zero attached hydrogens (tertiary/aromatic N) is 5. The number of carbonyl (C=O) groups is 1. The average Bonchev–Trinajstić information content (AvgIpc) is 3.46. The summed E-state index contributed by atoms with van der Waals surface area (Å²) in [5.41, 5.74) is 4.83. The van der Waals surface area contributed by atoms with Gasteiger partial charge in [0.2, 0.25) is 11.8 Å². The van der Waals surface area contributed by atoms with Crippen molar-refractivity contribution in [3.8, 4) is 16.9 Å². The molecule has 0 aliphatic carbocycles. The quantitative estimate of drug-likeness (QED) is 0.492. The van der Waals surface area contributed by atoms with E-state index in [1.165, 1.54) is 11.9 Å².